The molecule has 2 N–H and O–H groups in total. The third-order valence-electron chi connectivity index (χ3n) is 6.36. The quantitative estimate of drug-likeness (QED) is 0.653. The standard InChI is InChI=1S/C23H26N6O2/c1-3-16-7-19-20(27-21(16)30)6-15(8-25-19)10-28-11-23(12-28)13-29(14-23)17-4-5-18(26-9-17)22(31)24-2/h4-9H,3,10-14H2,1-2H3,(H,24,31)(H,27,30). The molecule has 2 fully saturated rings. The summed E-state index contributed by atoms with van der Waals surface area (Å²) in [5, 5.41) is 2.59. The molecule has 0 aromatic carbocycles. The van der Waals surface area contributed by atoms with E-state index in [0.717, 1.165) is 60.6 Å². The van der Waals surface area contributed by atoms with E-state index in [1.807, 2.05) is 31.3 Å². The van der Waals surface area contributed by atoms with Gasteiger partial charge >= 0.3 is 0 Å². The number of H-pyrrole nitrogens is 1. The lowest BCUT2D eigenvalue weighted by molar-refractivity contribution is -0.0273. The van der Waals surface area contributed by atoms with Gasteiger partial charge in [0.05, 0.1) is 22.9 Å². The lowest BCUT2D eigenvalue weighted by Crippen LogP contribution is -2.71. The van der Waals surface area contributed by atoms with Crippen molar-refractivity contribution in [2.45, 2.75) is 19.9 Å². The van der Waals surface area contributed by atoms with E-state index < -0.39 is 0 Å². The molecule has 5 heterocycles. The number of nitrogens with one attached hydrogen (secondary N) is 2. The lowest BCUT2D eigenvalue weighted by Gasteiger charge is -2.61. The van der Waals surface area contributed by atoms with Gasteiger partial charge in [-0.25, -0.2) is 4.98 Å². The zero-order chi connectivity index (χ0) is 21.6. The van der Waals surface area contributed by atoms with Crippen LogP contribution in [0, 0.1) is 5.41 Å². The van der Waals surface area contributed by atoms with Gasteiger partial charge in [-0.15, -0.1) is 0 Å². The first-order valence-corrected chi connectivity index (χ1v) is 10.6. The second-order valence-electron chi connectivity index (χ2n) is 8.74. The molecular formula is C23H26N6O2. The summed E-state index contributed by atoms with van der Waals surface area (Å²) in [6.07, 6.45) is 4.40. The van der Waals surface area contributed by atoms with Gasteiger partial charge in [-0.1, -0.05) is 6.92 Å². The van der Waals surface area contributed by atoms with Crippen LogP contribution in [0.1, 0.15) is 28.5 Å². The Morgan fingerprint density at radius 1 is 1.16 bits per heavy atom. The first kappa shape index (κ1) is 19.7. The predicted octanol–water partition coefficient (Wildman–Crippen LogP) is 1.56. The molecule has 8 nitrogen and oxygen atoms in total. The van der Waals surface area contributed by atoms with E-state index in [2.05, 4.69) is 30.1 Å². The highest BCUT2D eigenvalue weighted by Gasteiger charge is 2.51. The first-order valence-electron chi connectivity index (χ1n) is 10.6. The Hall–Kier alpha value is -3.26. The lowest BCUT2D eigenvalue weighted by atomic mass is 9.72. The minimum atomic E-state index is -0.167. The van der Waals surface area contributed by atoms with E-state index in [-0.39, 0.29) is 11.5 Å². The summed E-state index contributed by atoms with van der Waals surface area (Å²) >= 11 is 0. The van der Waals surface area contributed by atoms with Gasteiger partial charge in [0.2, 0.25) is 0 Å². The van der Waals surface area contributed by atoms with Crippen molar-refractivity contribution in [3.63, 3.8) is 0 Å². The summed E-state index contributed by atoms with van der Waals surface area (Å²) in [6, 6.07) is 7.66. The smallest absolute Gasteiger partial charge is 0.269 e. The number of carbonyl (C=O) groups excluding carboxylic acids is 1. The molecule has 8 heteroatoms. The molecule has 2 saturated heterocycles. The maximum Gasteiger partial charge on any atom is 0.269 e. The summed E-state index contributed by atoms with van der Waals surface area (Å²) < 4.78 is 0. The fraction of sp³-hybridized carbons (Fsp3) is 0.391. The molecule has 0 aliphatic carbocycles. The van der Waals surface area contributed by atoms with Crippen LogP contribution in [0.15, 0.2) is 41.5 Å². The summed E-state index contributed by atoms with van der Waals surface area (Å²) in [6.45, 7) is 6.93. The van der Waals surface area contributed by atoms with Gasteiger partial charge < -0.3 is 15.2 Å². The molecule has 3 aromatic rings. The van der Waals surface area contributed by atoms with Crippen LogP contribution in [0.2, 0.25) is 0 Å². The maximum atomic E-state index is 12.1. The molecule has 0 unspecified atom stereocenters. The van der Waals surface area contributed by atoms with Crippen molar-refractivity contribution in [1.29, 1.82) is 0 Å². The minimum Gasteiger partial charge on any atom is -0.369 e. The largest absolute Gasteiger partial charge is 0.369 e. The highest BCUT2D eigenvalue weighted by atomic mass is 16.1. The number of likely N-dealkylation sites (tertiary alicyclic amines) is 1. The SMILES string of the molecule is CCc1cc2ncc(CN3CC4(C3)CN(c3ccc(C(=O)NC)nc3)C4)cc2[nH]c1=O. The van der Waals surface area contributed by atoms with Gasteiger partial charge in [0.1, 0.15) is 5.69 Å². The van der Waals surface area contributed by atoms with Crippen molar-refractivity contribution in [2.24, 2.45) is 5.41 Å². The van der Waals surface area contributed by atoms with Gasteiger partial charge in [-0.05, 0) is 36.2 Å². The summed E-state index contributed by atoms with van der Waals surface area (Å²) in [5.74, 6) is -0.167. The normalized spacial score (nSPS) is 17.4. The Morgan fingerprint density at radius 3 is 2.65 bits per heavy atom. The maximum absolute atomic E-state index is 12.1. The van der Waals surface area contributed by atoms with Crippen molar-refractivity contribution < 1.29 is 4.79 Å². The van der Waals surface area contributed by atoms with Crippen LogP contribution >= 0.6 is 0 Å². The number of amides is 1. The van der Waals surface area contributed by atoms with Crippen LogP contribution in [0.25, 0.3) is 11.0 Å². The second-order valence-corrected chi connectivity index (χ2v) is 8.74. The Kier molecular flexibility index (Phi) is 4.74. The molecule has 0 saturated carbocycles. The number of rotatable bonds is 5. The van der Waals surface area contributed by atoms with E-state index in [4.69, 9.17) is 0 Å². The monoisotopic (exact) mass is 418 g/mol. The van der Waals surface area contributed by atoms with E-state index >= 15 is 0 Å². The number of aromatic nitrogens is 3. The van der Waals surface area contributed by atoms with Crippen LogP contribution in [0.3, 0.4) is 0 Å². The van der Waals surface area contributed by atoms with E-state index in [0.29, 0.717) is 17.5 Å². The van der Waals surface area contributed by atoms with Gasteiger partial charge in [-0.3, -0.25) is 19.5 Å². The van der Waals surface area contributed by atoms with Gasteiger partial charge in [0.25, 0.3) is 11.5 Å². The number of hydrogen-bond donors (Lipinski definition) is 2. The van der Waals surface area contributed by atoms with Crippen LogP contribution in [0.5, 0.6) is 0 Å². The first-order chi connectivity index (χ1) is 15.0. The van der Waals surface area contributed by atoms with E-state index in [1.165, 1.54) is 0 Å². The average molecular weight is 419 g/mol. The number of anilines is 1. The summed E-state index contributed by atoms with van der Waals surface area (Å²) in [7, 11) is 1.61. The second kappa shape index (κ2) is 7.46. The number of fused-ring (bicyclic) bond motifs is 1. The number of aryl methyl sites for hydroxylation is 1. The molecule has 31 heavy (non-hydrogen) atoms. The topological polar surface area (TPSA) is 94.2 Å². The molecule has 1 spiro atoms. The van der Waals surface area contributed by atoms with Gasteiger partial charge in [-0.2, -0.15) is 0 Å². The fourth-order valence-corrected chi connectivity index (χ4v) is 4.77. The Labute approximate surface area is 180 Å². The molecule has 0 bridgehead atoms. The summed E-state index contributed by atoms with van der Waals surface area (Å²) in [5.41, 5.74) is 5.35. The van der Waals surface area contributed by atoms with Crippen LogP contribution in [-0.2, 0) is 13.0 Å². The zero-order valence-corrected chi connectivity index (χ0v) is 17.8. The Balaban J connectivity index is 1.17. The van der Waals surface area contributed by atoms with Crippen molar-refractivity contribution in [2.75, 3.05) is 38.1 Å². The number of hydrogen-bond acceptors (Lipinski definition) is 6. The zero-order valence-electron chi connectivity index (χ0n) is 17.8. The highest BCUT2D eigenvalue weighted by Crippen LogP contribution is 2.42. The Morgan fingerprint density at radius 2 is 1.97 bits per heavy atom. The van der Waals surface area contributed by atoms with Crippen molar-refractivity contribution in [3.8, 4) is 0 Å². The molecule has 1 amide bonds. The van der Waals surface area contributed by atoms with Crippen LogP contribution in [-0.4, -0.2) is 59.0 Å². The molecule has 5 rings (SSSR count). The van der Waals surface area contributed by atoms with E-state index in [9.17, 15) is 9.59 Å². The third kappa shape index (κ3) is 3.57. The number of carbonyl (C=O) groups is 1. The minimum absolute atomic E-state index is 0.0238. The summed E-state index contributed by atoms with van der Waals surface area (Å²) in [4.78, 5) is 40.2. The predicted molar refractivity (Wildman–Crippen MR) is 119 cm³/mol. The molecule has 0 radical (unpaired) electrons. The van der Waals surface area contributed by atoms with Crippen molar-refractivity contribution in [1.82, 2.24) is 25.2 Å². The molecular weight excluding hydrogens is 392 g/mol. The highest BCUT2D eigenvalue weighted by molar-refractivity contribution is 5.92. The Bertz CT molecular complexity index is 1190. The number of aromatic amines is 1. The van der Waals surface area contributed by atoms with Crippen LogP contribution < -0.4 is 15.8 Å². The molecule has 3 aromatic heterocycles. The molecule has 2 aliphatic rings. The van der Waals surface area contributed by atoms with E-state index in [1.54, 1.807) is 19.3 Å². The third-order valence-corrected chi connectivity index (χ3v) is 6.36. The number of nitrogens with zero attached hydrogens (tertiary/aromatic N) is 4. The fourth-order valence-electron chi connectivity index (χ4n) is 4.77. The van der Waals surface area contributed by atoms with Crippen molar-refractivity contribution >= 4 is 22.6 Å². The van der Waals surface area contributed by atoms with Gasteiger partial charge in [0, 0.05) is 56.9 Å². The molecule has 0 atom stereocenters. The van der Waals surface area contributed by atoms with Crippen molar-refractivity contribution in [3.05, 3.63) is 63.8 Å². The number of pyridine rings is 3. The van der Waals surface area contributed by atoms with Gasteiger partial charge in [0.15, 0.2) is 0 Å². The molecule has 2 aliphatic heterocycles. The molecule has 160 valence electrons. The van der Waals surface area contributed by atoms with Crippen LogP contribution in [0.4, 0.5) is 5.69 Å². The average Bonchev–Trinajstić information content (AvgIpc) is 2.73.